The molecule has 1 atom stereocenters. The highest BCUT2D eigenvalue weighted by Crippen LogP contribution is 2.43. The molecule has 1 aromatic heterocycles. The van der Waals surface area contributed by atoms with E-state index < -0.39 is 0 Å². The van der Waals surface area contributed by atoms with Crippen molar-refractivity contribution in [3.8, 4) is 17.2 Å². The number of fused-ring (bicyclic) bond motifs is 1. The first-order chi connectivity index (χ1) is 13.1. The van der Waals surface area contributed by atoms with Gasteiger partial charge in [0.1, 0.15) is 18.0 Å². The molecule has 1 aliphatic heterocycles. The first kappa shape index (κ1) is 17.1. The van der Waals surface area contributed by atoms with Gasteiger partial charge in [-0.05, 0) is 30.3 Å². The van der Waals surface area contributed by atoms with E-state index in [9.17, 15) is 9.18 Å². The molecular weight excluding hydrogens is 349 g/mol. The maximum atomic E-state index is 13.2. The Morgan fingerprint density at radius 3 is 2.63 bits per heavy atom. The van der Waals surface area contributed by atoms with Crippen molar-refractivity contribution >= 4 is 11.7 Å². The summed E-state index contributed by atoms with van der Waals surface area (Å²) in [5.41, 5.74) is 2.27. The Bertz CT molecular complexity index is 998. The van der Waals surface area contributed by atoms with E-state index in [0.717, 1.165) is 11.3 Å². The van der Waals surface area contributed by atoms with Crippen LogP contribution in [0, 0.1) is 5.82 Å². The maximum absolute atomic E-state index is 13.2. The Morgan fingerprint density at radius 1 is 1.15 bits per heavy atom. The number of anilines is 1. The molecule has 0 bridgehead atoms. The van der Waals surface area contributed by atoms with Gasteiger partial charge in [0, 0.05) is 23.6 Å². The molecule has 0 saturated heterocycles. The van der Waals surface area contributed by atoms with Gasteiger partial charge >= 0.3 is 0 Å². The number of carbonyl (C=O) groups is 1. The summed E-state index contributed by atoms with van der Waals surface area (Å²) in [6, 6.07) is 11.6. The molecule has 0 aliphatic carbocycles. The van der Waals surface area contributed by atoms with Crippen molar-refractivity contribution in [3.05, 3.63) is 65.9 Å². The molecular formula is C20H18FN3O3. The summed E-state index contributed by atoms with van der Waals surface area (Å²) < 4.78 is 25.9. The fraction of sp³-hybridized carbons (Fsp3) is 0.200. The Labute approximate surface area is 155 Å². The summed E-state index contributed by atoms with van der Waals surface area (Å²) in [5.74, 6) is 1.03. The van der Waals surface area contributed by atoms with E-state index in [1.54, 1.807) is 37.2 Å². The number of hydrogen-bond acceptors (Lipinski definition) is 4. The maximum Gasteiger partial charge on any atom is 0.226 e. The number of nitrogens with zero attached hydrogens (tertiary/aromatic N) is 2. The smallest absolute Gasteiger partial charge is 0.226 e. The summed E-state index contributed by atoms with van der Waals surface area (Å²) >= 11 is 0. The Hall–Kier alpha value is -3.35. The van der Waals surface area contributed by atoms with Crippen LogP contribution in [-0.2, 0) is 4.79 Å². The minimum Gasteiger partial charge on any atom is -0.493 e. The van der Waals surface area contributed by atoms with Crippen LogP contribution < -0.4 is 14.8 Å². The third-order valence-corrected chi connectivity index (χ3v) is 4.69. The van der Waals surface area contributed by atoms with Crippen LogP contribution in [0.25, 0.3) is 5.69 Å². The number of methoxy groups -OCH3 is 2. The molecule has 2 aromatic carbocycles. The fourth-order valence-electron chi connectivity index (χ4n) is 3.45. The van der Waals surface area contributed by atoms with E-state index >= 15 is 0 Å². The predicted octanol–water partition coefficient (Wildman–Crippen LogP) is 3.50. The van der Waals surface area contributed by atoms with Gasteiger partial charge in [-0.25, -0.2) is 9.37 Å². The number of halogens is 1. The van der Waals surface area contributed by atoms with Crippen molar-refractivity contribution in [2.45, 2.75) is 12.3 Å². The lowest BCUT2D eigenvalue weighted by Gasteiger charge is -2.25. The predicted molar refractivity (Wildman–Crippen MR) is 98.2 cm³/mol. The number of benzene rings is 2. The summed E-state index contributed by atoms with van der Waals surface area (Å²) in [6.45, 7) is 0. The van der Waals surface area contributed by atoms with E-state index in [4.69, 9.17) is 9.47 Å². The third-order valence-electron chi connectivity index (χ3n) is 4.69. The minimum atomic E-state index is -0.323. The van der Waals surface area contributed by atoms with Crippen LogP contribution in [0.2, 0.25) is 0 Å². The molecule has 3 aromatic rings. The van der Waals surface area contributed by atoms with Crippen LogP contribution in [-0.4, -0.2) is 29.7 Å². The fourth-order valence-corrected chi connectivity index (χ4v) is 3.45. The summed E-state index contributed by atoms with van der Waals surface area (Å²) in [5, 5.41) is 2.88. The number of aromatic nitrogens is 2. The van der Waals surface area contributed by atoms with E-state index in [1.165, 1.54) is 12.1 Å². The molecule has 0 unspecified atom stereocenters. The quantitative estimate of drug-likeness (QED) is 0.766. The van der Waals surface area contributed by atoms with Gasteiger partial charge in [-0.15, -0.1) is 0 Å². The molecule has 0 spiro atoms. The summed E-state index contributed by atoms with van der Waals surface area (Å²) in [4.78, 5) is 17.0. The average molecular weight is 367 g/mol. The molecule has 1 amide bonds. The molecule has 0 radical (unpaired) electrons. The summed E-state index contributed by atoms with van der Waals surface area (Å²) in [6.07, 6.45) is 1.88. The number of nitrogens with one attached hydrogen (secondary N) is 1. The van der Waals surface area contributed by atoms with Crippen LogP contribution in [0.1, 0.15) is 23.6 Å². The molecule has 27 heavy (non-hydrogen) atoms. The lowest BCUT2D eigenvalue weighted by molar-refractivity contribution is -0.116. The number of ether oxygens (including phenoxy) is 2. The highest BCUT2D eigenvalue weighted by molar-refractivity contribution is 5.94. The van der Waals surface area contributed by atoms with Gasteiger partial charge in [-0.1, -0.05) is 12.1 Å². The lowest BCUT2D eigenvalue weighted by atomic mass is 9.89. The van der Waals surface area contributed by atoms with E-state index in [1.807, 2.05) is 18.2 Å². The van der Waals surface area contributed by atoms with Crippen LogP contribution >= 0.6 is 0 Å². The van der Waals surface area contributed by atoms with Crippen molar-refractivity contribution in [1.29, 1.82) is 0 Å². The molecule has 7 heteroatoms. The highest BCUT2D eigenvalue weighted by atomic mass is 19.1. The second-order valence-electron chi connectivity index (χ2n) is 6.21. The number of amides is 1. The van der Waals surface area contributed by atoms with Gasteiger partial charge < -0.3 is 14.8 Å². The third kappa shape index (κ3) is 2.91. The molecule has 6 nitrogen and oxygen atoms in total. The van der Waals surface area contributed by atoms with Crippen molar-refractivity contribution in [3.63, 3.8) is 0 Å². The number of para-hydroxylation sites is 1. The number of hydrogen-bond donors (Lipinski definition) is 1. The zero-order valence-electron chi connectivity index (χ0n) is 14.9. The molecule has 4 rings (SSSR count). The largest absolute Gasteiger partial charge is 0.493 e. The van der Waals surface area contributed by atoms with Gasteiger partial charge in [0.05, 0.1) is 19.9 Å². The molecule has 1 aliphatic rings. The second-order valence-corrected chi connectivity index (χ2v) is 6.21. The number of carbonyl (C=O) groups excluding carboxylic acids is 1. The van der Waals surface area contributed by atoms with Crippen LogP contribution in [0.4, 0.5) is 10.2 Å². The molecule has 1 N–H and O–H groups in total. The second kappa shape index (κ2) is 6.75. The van der Waals surface area contributed by atoms with Crippen LogP contribution in [0.15, 0.2) is 48.8 Å². The normalized spacial score (nSPS) is 15.8. The van der Waals surface area contributed by atoms with Gasteiger partial charge in [0.2, 0.25) is 5.91 Å². The first-order valence-electron chi connectivity index (χ1n) is 8.46. The van der Waals surface area contributed by atoms with Gasteiger partial charge in [0.25, 0.3) is 0 Å². The van der Waals surface area contributed by atoms with Crippen molar-refractivity contribution in [2.75, 3.05) is 19.5 Å². The lowest BCUT2D eigenvalue weighted by Crippen LogP contribution is -2.25. The SMILES string of the molecule is COc1cccc([C@@H]2CC(=O)Nc3c2ncn3-c2ccc(F)cc2)c1OC. The van der Waals surface area contributed by atoms with Crippen molar-refractivity contribution in [1.82, 2.24) is 9.55 Å². The zero-order valence-corrected chi connectivity index (χ0v) is 14.9. The van der Waals surface area contributed by atoms with Crippen molar-refractivity contribution < 1.29 is 18.7 Å². The topological polar surface area (TPSA) is 65.4 Å². The molecule has 2 heterocycles. The number of rotatable bonds is 4. The van der Waals surface area contributed by atoms with Crippen LogP contribution in [0.5, 0.6) is 11.5 Å². The molecule has 0 saturated carbocycles. The van der Waals surface area contributed by atoms with Crippen molar-refractivity contribution in [2.24, 2.45) is 0 Å². The van der Waals surface area contributed by atoms with E-state index in [2.05, 4.69) is 10.3 Å². The molecule has 138 valence electrons. The Kier molecular flexibility index (Phi) is 4.27. The van der Waals surface area contributed by atoms with E-state index in [0.29, 0.717) is 23.0 Å². The zero-order chi connectivity index (χ0) is 19.0. The van der Waals surface area contributed by atoms with Gasteiger partial charge in [0.15, 0.2) is 11.5 Å². The van der Waals surface area contributed by atoms with Crippen LogP contribution in [0.3, 0.4) is 0 Å². The average Bonchev–Trinajstić information content (AvgIpc) is 3.11. The van der Waals surface area contributed by atoms with Gasteiger partial charge in [-0.3, -0.25) is 9.36 Å². The van der Waals surface area contributed by atoms with Gasteiger partial charge in [-0.2, -0.15) is 0 Å². The monoisotopic (exact) mass is 367 g/mol. The van der Waals surface area contributed by atoms with E-state index in [-0.39, 0.29) is 24.1 Å². The number of imidazole rings is 1. The minimum absolute atomic E-state index is 0.124. The first-order valence-corrected chi connectivity index (χ1v) is 8.46. The Balaban J connectivity index is 1.84. The molecule has 0 fully saturated rings. The highest BCUT2D eigenvalue weighted by Gasteiger charge is 2.33. The summed E-state index contributed by atoms with van der Waals surface area (Å²) in [7, 11) is 3.15. The standard InChI is InChI=1S/C20H18FN3O3/c1-26-16-5-3-4-14(19(16)27-2)15-10-17(25)23-20-18(15)22-11-24(20)13-8-6-12(21)7-9-13/h3-9,11,15H,10H2,1-2H3,(H,23,25)/t15-/m0/s1. The Morgan fingerprint density at radius 2 is 1.93 bits per heavy atom.